The highest BCUT2D eigenvalue weighted by Gasteiger charge is 2.25. The van der Waals surface area contributed by atoms with Crippen molar-refractivity contribution in [1.29, 1.82) is 0 Å². The van der Waals surface area contributed by atoms with Crippen molar-refractivity contribution in [2.45, 2.75) is 0 Å². The molecule has 0 spiro atoms. The summed E-state index contributed by atoms with van der Waals surface area (Å²) in [7, 11) is 0. The Morgan fingerprint density at radius 3 is 1.25 bits per heavy atom. The molecule has 3 heteroatoms. The van der Waals surface area contributed by atoms with Crippen LogP contribution in [0.1, 0.15) is 0 Å². The number of hydrogen-bond donors (Lipinski definition) is 0. The molecular weight excluding hydrogens is 765 g/mol. The van der Waals surface area contributed by atoms with Crippen LogP contribution < -0.4 is 14.5 Å². The van der Waals surface area contributed by atoms with Gasteiger partial charge in [-0.3, -0.25) is 0 Å². The summed E-state index contributed by atoms with van der Waals surface area (Å²) in [5.74, 6) is 1.66. The van der Waals surface area contributed by atoms with Gasteiger partial charge < -0.3 is 14.5 Å². The third kappa shape index (κ3) is 6.46. The van der Waals surface area contributed by atoms with Gasteiger partial charge in [-0.05, 0) is 121 Å². The third-order valence-electron chi connectivity index (χ3n) is 12.4. The van der Waals surface area contributed by atoms with Crippen LogP contribution in [0.2, 0.25) is 0 Å². The van der Waals surface area contributed by atoms with E-state index in [0.717, 1.165) is 62.0 Å². The summed E-state index contributed by atoms with van der Waals surface area (Å²) in [4.78, 5) is 4.63. The van der Waals surface area contributed by atoms with E-state index in [-0.39, 0.29) is 0 Å². The molecule has 1 aliphatic heterocycles. The van der Waals surface area contributed by atoms with Crippen molar-refractivity contribution in [3.63, 3.8) is 0 Å². The zero-order valence-corrected chi connectivity index (χ0v) is 34.4. The molecular formula is C60H40N2O. The van der Waals surface area contributed by atoms with Gasteiger partial charge in [-0.1, -0.05) is 164 Å². The summed E-state index contributed by atoms with van der Waals surface area (Å²) < 4.78 is 7.06. The van der Waals surface area contributed by atoms with Crippen molar-refractivity contribution in [2.75, 3.05) is 9.80 Å². The van der Waals surface area contributed by atoms with E-state index < -0.39 is 0 Å². The Bertz CT molecular complexity index is 3300. The van der Waals surface area contributed by atoms with Crippen molar-refractivity contribution in [1.82, 2.24) is 0 Å². The quantitative estimate of drug-likeness (QED) is 0.152. The average molecular weight is 805 g/mol. The van der Waals surface area contributed by atoms with Gasteiger partial charge in [-0.25, -0.2) is 0 Å². The molecule has 0 atom stereocenters. The molecule has 296 valence electrons. The maximum absolute atomic E-state index is 7.06. The maximum atomic E-state index is 7.06. The second-order valence-electron chi connectivity index (χ2n) is 16.1. The fourth-order valence-electron chi connectivity index (χ4n) is 9.47. The highest BCUT2D eigenvalue weighted by molar-refractivity contribution is 6.07. The second kappa shape index (κ2) is 15.3. The number of nitrogens with zero attached hydrogens (tertiary/aromatic N) is 2. The van der Waals surface area contributed by atoms with E-state index in [1.54, 1.807) is 0 Å². The van der Waals surface area contributed by atoms with Gasteiger partial charge in [0.25, 0.3) is 0 Å². The summed E-state index contributed by atoms with van der Waals surface area (Å²) in [6.07, 6.45) is 0. The number of rotatable bonds is 8. The van der Waals surface area contributed by atoms with Gasteiger partial charge in [0.1, 0.15) is 11.5 Å². The molecule has 0 aliphatic carbocycles. The minimum atomic E-state index is 0.820. The molecule has 0 saturated carbocycles. The van der Waals surface area contributed by atoms with E-state index in [9.17, 15) is 0 Å². The maximum Gasteiger partial charge on any atom is 0.138 e. The molecule has 0 fully saturated rings. The Labute approximate surface area is 367 Å². The van der Waals surface area contributed by atoms with Crippen molar-refractivity contribution < 1.29 is 4.74 Å². The lowest BCUT2D eigenvalue weighted by Crippen LogP contribution is -2.11. The number of benzene rings is 11. The summed E-state index contributed by atoms with van der Waals surface area (Å²) in [6, 6.07) is 86.9. The Hall–Kier alpha value is -8.40. The minimum absolute atomic E-state index is 0.820. The van der Waals surface area contributed by atoms with Crippen molar-refractivity contribution in [2.24, 2.45) is 0 Å². The lowest BCUT2D eigenvalue weighted by Gasteiger charge is -2.30. The van der Waals surface area contributed by atoms with Gasteiger partial charge in [0.15, 0.2) is 0 Å². The molecule has 63 heavy (non-hydrogen) atoms. The van der Waals surface area contributed by atoms with Crippen LogP contribution in [0.3, 0.4) is 0 Å². The molecule has 11 aromatic rings. The van der Waals surface area contributed by atoms with Crippen LogP contribution in [-0.2, 0) is 0 Å². The van der Waals surface area contributed by atoms with Crippen molar-refractivity contribution in [3.05, 3.63) is 243 Å². The van der Waals surface area contributed by atoms with Crippen molar-refractivity contribution in [3.8, 4) is 44.9 Å². The zero-order valence-electron chi connectivity index (χ0n) is 34.4. The first-order valence-electron chi connectivity index (χ1n) is 21.5. The first-order valence-corrected chi connectivity index (χ1v) is 21.5. The largest absolute Gasteiger partial charge is 0.456 e. The zero-order chi connectivity index (χ0) is 41.7. The van der Waals surface area contributed by atoms with Crippen LogP contribution in [-0.4, -0.2) is 0 Å². The van der Waals surface area contributed by atoms with Gasteiger partial charge in [0.05, 0.1) is 5.69 Å². The van der Waals surface area contributed by atoms with E-state index >= 15 is 0 Å². The topological polar surface area (TPSA) is 15.7 Å². The predicted molar refractivity (Wildman–Crippen MR) is 265 cm³/mol. The normalized spacial score (nSPS) is 11.6. The molecule has 0 unspecified atom stereocenters. The Balaban J connectivity index is 0.975. The number of ether oxygens (including phenoxy) is 1. The lowest BCUT2D eigenvalue weighted by atomic mass is 9.93. The van der Waals surface area contributed by atoms with Gasteiger partial charge >= 0.3 is 0 Å². The van der Waals surface area contributed by atoms with Gasteiger partial charge in [0, 0.05) is 51.5 Å². The molecule has 0 aromatic heterocycles. The molecule has 0 amide bonds. The summed E-state index contributed by atoms with van der Waals surface area (Å²) >= 11 is 0. The summed E-state index contributed by atoms with van der Waals surface area (Å²) in [6.45, 7) is 0. The molecule has 12 rings (SSSR count). The Morgan fingerprint density at radius 1 is 0.254 bits per heavy atom. The first-order chi connectivity index (χ1) is 31.2. The van der Waals surface area contributed by atoms with E-state index in [1.807, 2.05) is 0 Å². The number of para-hydroxylation sites is 2. The molecule has 0 saturated heterocycles. The number of anilines is 6. The highest BCUT2D eigenvalue weighted by Crippen LogP contribution is 2.51. The smallest absolute Gasteiger partial charge is 0.138 e. The average Bonchev–Trinajstić information content (AvgIpc) is 3.35. The van der Waals surface area contributed by atoms with E-state index in [2.05, 4.69) is 252 Å². The molecule has 1 heterocycles. The van der Waals surface area contributed by atoms with Gasteiger partial charge in [-0.15, -0.1) is 0 Å². The fraction of sp³-hybridized carbons (Fsp3) is 0. The highest BCUT2D eigenvalue weighted by atomic mass is 16.5. The van der Waals surface area contributed by atoms with Crippen LogP contribution in [0.5, 0.6) is 11.5 Å². The minimum Gasteiger partial charge on any atom is -0.456 e. The summed E-state index contributed by atoms with van der Waals surface area (Å²) in [5, 5.41) is 7.21. The molecule has 1 aliphatic rings. The fourth-order valence-corrected chi connectivity index (χ4v) is 9.47. The van der Waals surface area contributed by atoms with Crippen LogP contribution in [0.4, 0.5) is 34.1 Å². The Kier molecular flexibility index (Phi) is 8.83. The molecule has 0 N–H and O–H groups in total. The predicted octanol–water partition coefficient (Wildman–Crippen LogP) is 17.2. The summed E-state index contributed by atoms with van der Waals surface area (Å²) in [5.41, 5.74) is 13.3. The van der Waals surface area contributed by atoms with E-state index in [4.69, 9.17) is 4.74 Å². The molecule has 3 nitrogen and oxygen atoms in total. The first kappa shape index (κ1) is 36.5. The molecule has 0 bridgehead atoms. The monoisotopic (exact) mass is 804 g/mol. The van der Waals surface area contributed by atoms with E-state index in [0.29, 0.717) is 0 Å². The van der Waals surface area contributed by atoms with Gasteiger partial charge in [0.2, 0.25) is 0 Å². The number of fused-ring (bicyclic) bond motifs is 4. The van der Waals surface area contributed by atoms with E-state index in [1.165, 1.54) is 49.4 Å². The van der Waals surface area contributed by atoms with Crippen LogP contribution in [0.25, 0.3) is 65.7 Å². The molecule has 0 radical (unpaired) electrons. The number of hydrogen-bond acceptors (Lipinski definition) is 3. The Morgan fingerprint density at radius 2 is 0.683 bits per heavy atom. The van der Waals surface area contributed by atoms with Crippen LogP contribution in [0, 0.1) is 0 Å². The second-order valence-corrected chi connectivity index (χ2v) is 16.1. The third-order valence-corrected chi connectivity index (χ3v) is 12.4. The van der Waals surface area contributed by atoms with Gasteiger partial charge in [-0.2, -0.15) is 0 Å². The van der Waals surface area contributed by atoms with Crippen LogP contribution in [0.15, 0.2) is 243 Å². The SMILES string of the molecule is c1ccc(N(c2ccccc2)c2cc3c4c(cccc4c2)-c2ccc(N(c4ccc(-c5cccc6ccccc56)cc4)c4ccc(-c5cccc6ccccc56)cc4)cc2O3)cc1. The lowest BCUT2D eigenvalue weighted by molar-refractivity contribution is 0.487. The standard InChI is InChI=1S/C60H40N2O/c1-3-19-46(20-4-1)62(47-21-5-2-6-22-47)51-38-45-18-13-27-57-56-37-36-50(39-58(56)63-59(40-51)60(45)57)61(48-32-28-43(29-33-48)54-25-11-16-41-14-7-9-23-52(41)54)49-34-30-44(31-35-49)55-26-12-17-42-15-8-10-24-53(42)55/h1-40H. The van der Waals surface area contributed by atoms with Crippen LogP contribution >= 0.6 is 0 Å². The van der Waals surface area contributed by atoms with Crippen molar-refractivity contribution >= 4 is 66.4 Å². The molecule has 11 aromatic carbocycles.